The molecule has 1 aromatic rings. The Morgan fingerprint density at radius 3 is 2.29 bits per heavy atom. The summed E-state index contributed by atoms with van der Waals surface area (Å²) in [5.41, 5.74) is 3.81. The summed E-state index contributed by atoms with van der Waals surface area (Å²) in [6, 6.07) is 6.41. The molecule has 1 saturated heterocycles. The number of hydrogen-bond donors (Lipinski definition) is 0. The van der Waals surface area contributed by atoms with Crippen molar-refractivity contribution in [2.45, 2.75) is 46.0 Å². The molecule has 0 atom stereocenters. The molecule has 1 aliphatic rings. The fourth-order valence-corrected chi connectivity index (χ4v) is 2.60. The highest BCUT2D eigenvalue weighted by molar-refractivity contribution is 5.95. The lowest BCUT2D eigenvalue weighted by atomic mass is 9.99. The van der Waals surface area contributed by atoms with Gasteiger partial charge in [-0.3, -0.25) is 4.79 Å². The number of hydrogen-bond acceptors (Lipinski definition) is 1. The predicted molar refractivity (Wildman–Crippen MR) is 71.4 cm³/mol. The highest BCUT2D eigenvalue weighted by atomic mass is 16.2. The van der Waals surface area contributed by atoms with Crippen molar-refractivity contribution in [3.8, 4) is 0 Å². The van der Waals surface area contributed by atoms with Crippen molar-refractivity contribution < 1.29 is 4.79 Å². The van der Waals surface area contributed by atoms with Crippen molar-refractivity contribution in [2.24, 2.45) is 0 Å². The minimum absolute atomic E-state index is 0.298. The van der Waals surface area contributed by atoms with Gasteiger partial charge in [-0.25, -0.2) is 0 Å². The summed E-state index contributed by atoms with van der Waals surface area (Å²) in [6.45, 7) is 5.21. The maximum absolute atomic E-state index is 12.1. The fraction of sp³-hybridized carbons (Fsp3) is 0.533. The quantitative estimate of drug-likeness (QED) is 0.781. The molecular weight excluding hydrogens is 210 g/mol. The number of carbonyl (C=O) groups is 1. The second-order valence-corrected chi connectivity index (χ2v) is 4.63. The van der Waals surface area contributed by atoms with Crippen molar-refractivity contribution in [1.29, 1.82) is 0 Å². The van der Waals surface area contributed by atoms with Gasteiger partial charge in [0, 0.05) is 18.7 Å². The van der Waals surface area contributed by atoms with Gasteiger partial charge in [-0.05, 0) is 36.8 Å². The number of nitrogens with zero attached hydrogens (tertiary/aromatic N) is 1. The van der Waals surface area contributed by atoms with E-state index in [0.29, 0.717) is 12.3 Å². The lowest BCUT2D eigenvalue weighted by Crippen LogP contribution is -2.36. The summed E-state index contributed by atoms with van der Waals surface area (Å²) in [4.78, 5) is 14.1. The Balaban J connectivity index is 2.44. The zero-order valence-electron chi connectivity index (χ0n) is 10.8. The van der Waals surface area contributed by atoms with Crippen LogP contribution in [0.3, 0.4) is 0 Å². The number of para-hydroxylation sites is 1. The van der Waals surface area contributed by atoms with E-state index in [2.05, 4.69) is 32.0 Å². The number of amides is 1. The number of anilines is 1. The van der Waals surface area contributed by atoms with E-state index in [9.17, 15) is 4.79 Å². The van der Waals surface area contributed by atoms with Crippen LogP contribution in [0.15, 0.2) is 18.2 Å². The Bertz CT molecular complexity index is 389. The number of rotatable bonds is 3. The summed E-state index contributed by atoms with van der Waals surface area (Å²) in [5.74, 6) is 0.298. The first-order chi connectivity index (χ1) is 8.27. The van der Waals surface area contributed by atoms with E-state index in [1.54, 1.807) is 0 Å². The van der Waals surface area contributed by atoms with Gasteiger partial charge in [0.15, 0.2) is 0 Å². The Morgan fingerprint density at radius 2 is 1.76 bits per heavy atom. The molecule has 2 heteroatoms. The van der Waals surface area contributed by atoms with Crippen LogP contribution in [-0.4, -0.2) is 12.5 Å². The molecule has 0 spiro atoms. The molecular formula is C15H21NO. The van der Waals surface area contributed by atoms with Crippen LogP contribution in [-0.2, 0) is 17.6 Å². The van der Waals surface area contributed by atoms with E-state index in [1.807, 2.05) is 4.90 Å². The lowest BCUT2D eigenvalue weighted by molar-refractivity contribution is -0.119. The molecule has 17 heavy (non-hydrogen) atoms. The monoisotopic (exact) mass is 231 g/mol. The van der Waals surface area contributed by atoms with Crippen LogP contribution >= 0.6 is 0 Å². The molecule has 1 heterocycles. The Labute approximate surface area is 104 Å². The SMILES string of the molecule is CCc1cccc(CC)c1N1CCCCC1=O. The average molecular weight is 231 g/mol. The van der Waals surface area contributed by atoms with Gasteiger partial charge in [0.1, 0.15) is 0 Å². The standard InChI is InChI=1S/C15H21NO/c1-3-12-8-7-9-13(4-2)15(12)16-11-6-5-10-14(16)17/h7-9H,3-6,10-11H2,1-2H3. The van der Waals surface area contributed by atoms with E-state index >= 15 is 0 Å². The number of benzene rings is 1. The molecule has 1 fully saturated rings. The van der Waals surface area contributed by atoms with E-state index in [0.717, 1.165) is 32.2 Å². The van der Waals surface area contributed by atoms with Gasteiger partial charge in [0.2, 0.25) is 5.91 Å². The third-order valence-corrected chi connectivity index (χ3v) is 3.56. The van der Waals surface area contributed by atoms with E-state index < -0.39 is 0 Å². The van der Waals surface area contributed by atoms with Crippen LogP contribution < -0.4 is 4.90 Å². The van der Waals surface area contributed by atoms with Crippen LogP contribution in [0.4, 0.5) is 5.69 Å². The number of aryl methyl sites for hydroxylation is 2. The van der Waals surface area contributed by atoms with Gasteiger partial charge in [-0.1, -0.05) is 32.0 Å². The Hall–Kier alpha value is -1.31. The zero-order valence-corrected chi connectivity index (χ0v) is 10.8. The van der Waals surface area contributed by atoms with Crippen LogP contribution in [0.2, 0.25) is 0 Å². The first-order valence-corrected chi connectivity index (χ1v) is 6.69. The molecule has 1 aromatic carbocycles. The van der Waals surface area contributed by atoms with Gasteiger partial charge in [-0.2, -0.15) is 0 Å². The van der Waals surface area contributed by atoms with Gasteiger partial charge in [0.05, 0.1) is 0 Å². The van der Waals surface area contributed by atoms with Crippen molar-refractivity contribution in [2.75, 3.05) is 11.4 Å². The van der Waals surface area contributed by atoms with Crippen molar-refractivity contribution in [1.82, 2.24) is 0 Å². The topological polar surface area (TPSA) is 20.3 Å². The molecule has 1 amide bonds. The maximum atomic E-state index is 12.1. The van der Waals surface area contributed by atoms with Crippen molar-refractivity contribution >= 4 is 11.6 Å². The lowest BCUT2D eigenvalue weighted by Gasteiger charge is -2.30. The molecule has 0 bridgehead atoms. The fourth-order valence-electron chi connectivity index (χ4n) is 2.60. The molecule has 0 radical (unpaired) electrons. The third kappa shape index (κ3) is 2.36. The molecule has 0 saturated carbocycles. The normalized spacial score (nSPS) is 16.4. The minimum atomic E-state index is 0.298. The van der Waals surface area contributed by atoms with Crippen molar-refractivity contribution in [3.05, 3.63) is 29.3 Å². The molecule has 0 N–H and O–H groups in total. The maximum Gasteiger partial charge on any atom is 0.226 e. The first-order valence-electron chi connectivity index (χ1n) is 6.69. The zero-order chi connectivity index (χ0) is 12.3. The summed E-state index contributed by atoms with van der Waals surface area (Å²) in [5, 5.41) is 0. The van der Waals surface area contributed by atoms with Crippen LogP contribution in [0, 0.1) is 0 Å². The Kier molecular flexibility index (Phi) is 3.82. The molecule has 92 valence electrons. The molecule has 2 nitrogen and oxygen atoms in total. The second-order valence-electron chi connectivity index (χ2n) is 4.63. The summed E-state index contributed by atoms with van der Waals surface area (Å²) in [6.07, 6.45) is 4.87. The highest BCUT2D eigenvalue weighted by Gasteiger charge is 2.23. The number of carbonyl (C=O) groups excluding carboxylic acids is 1. The third-order valence-electron chi connectivity index (χ3n) is 3.56. The summed E-state index contributed by atoms with van der Waals surface area (Å²) >= 11 is 0. The highest BCUT2D eigenvalue weighted by Crippen LogP contribution is 2.29. The van der Waals surface area contributed by atoms with Gasteiger partial charge < -0.3 is 4.90 Å². The molecule has 0 unspecified atom stereocenters. The molecule has 2 rings (SSSR count). The average Bonchev–Trinajstić information content (AvgIpc) is 2.38. The predicted octanol–water partition coefficient (Wildman–Crippen LogP) is 3.33. The van der Waals surface area contributed by atoms with Crippen LogP contribution in [0.5, 0.6) is 0 Å². The van der Waals surface area contributed by atoms with Crippen molar-refractivity contribution in [3.63, 3.8) is 0 Å². The summed E-state index contributed by atoms with van der Waals surface area (Å²) < 4.78 is 0. The molecule has 1 aliphatic heterocycles. The molecule has 0 aliphatic carbocycles. The van der Waals surface area contributed by atoms with Gasteiger partial charge >= 0.3 is 0 Å². The number of piperidine rings is 1. The van der Waals surface area contributed by atoms with Gasteiger partial charge in [0.25, 0.3) is 0 Å². The smallest absolute Gasteiger partial charge is 0.226 e. The summed E-state index contributed by atoms with van der Waals surface area (Å²) in [7, 11) is 0. The largest absolute Gasteiger partial charge is 0.312 e. The van der Waals surface area contributed by atoms with E-state index in [-0.39, 0.29) is 0 Å². The van der Waals surface area contributed by atoms with E-state index in [4.69, 9.17) is 0 Å². The van der Waals surface area contributed by atoms with Crippen LogP contribution in [0.1, 0.15) is 44.2 Å². The van der Waals surface area contributed by atoms with Gasteiger partial charge in [-0.15, -0.1) is 0 Å². The van der Waals surface area contributed by atoms with Crippen LogP contribution in [0.25, 0.3) is 0 Å². The first kappa shape index (κ1) is 12.2. The second kappa shape index (κ2) is 5.35. The van der Waals surface area contributed by atoms with E-state index in [1.165, 1.54) is 16.8 Å². The molecule has 0 aromatic heterocycles. The Morgan fingerprint density at radius 1 is 1.12 bits per heavy atom. The minimum Gasteiger partial charge on any atom is -0.312 e.